The van der Waals surface area contributed by atoms with Crippen LogP contribution in [0.4, 0.5) is 0 Å². The van der Waals surface area contributed by atoms with Crippen molar-refractivity contribution in [2.75, 3.05) is 7.05 Å². The second-order valence-corrected chi connectivity index (χ2v) is 5.63. The smallest absolute Gasteiger partial charge is 0.246 e. The highest BCUT2D eigenvalue weighted by molar-refractivity contribution is 6.00. The molecule has 0 aliphatic carbocycles. The molecule has 1 aliphatic rings. The van der Waals surface area contributed by atoms with Gasteiger partial charge in [0.25, 0.3) is 0 Å². The molecule has 1 saturated heterocycles. The van der Waals surface area contributed by atoms with Gasteiger partial charge in [0.05, 0.1) is 6.04 Å². The van der Waals surface area contributed by atoms with Crippen molar-refractivity contribution in [1.29, 1.82) is 0 Å². The van der Waals surface area contributed by atoms with Crippen LogP contribution in [0.2, 0.25) is 0 Å². The minimum atomic E-state index is -0.251. The predicted molar refractivity (Wildman–Crippen MR) is 78.3 cm³/mol. The van der Waals surface area contributed by atoms with Gasteiger partial charge >= 0.3 is 0 Å². The van der Waals surface area contributed by atoms with Crippen LogP contribution in [0.5, 0.6) is 0 Å². The van der Waals surface area contributed by atoms with Crippen molar-refractivity contribution in [2.24, 2.45) is 0 Å². The molecule has 0 aromatic heterocycles. The maximum atomic E-state index is 12.0. The third kappa shape index (κ3) is 2.90. The Morgan fingerprint density at radius 1 is 1.15 bits per heavy atom. The van der Waals surface area contributed by atoms with E-state index in [0.29, 0.717) is 19.4 Å². The Morgan fingerprint density at radius 2 is 1.80 bits per heavy atom. The first kappa shape index (κ1) is 14.7. The summed E-state index contributed by atoms with van der Waals surface area (Å²) in [7, 11) is 1.56. The van der Waals surface area contributed by atoms with Gasteiger partial charge in [0.15, 0.2) is 0 Å². The van der Waals surface area contributed by atoms with E-state index in [4.69, 9.17) is 0 Å². The molecule has 108 valence electrons. The second kappa shape index (κ2) is 5.75. The van der Waals surface area contributed by atoms with E-state index in [1.807, 2.05) is 0 Å². The van der Waals surface area contributed by atoms with Crippen LogP contribution in [0, 0.1) is 20.8 Å². The van der Waals surface area contributed by atoms with Gasteiger partial charge in [-0.15, -0.1) is 0 Å². The quantitative estimate of drug-likeness (QED) is 0.856. The maximum absolute atomic E-state index is 12.0. The van der Waals surface area contributed by atoms with E-state index in [2.05, 4.69) is 38.2 Å². The van der Waals surface area contributed by atoms with Gasteiger partial charge in [0.2, 0.25) is 11.8 Å². The maximum Gasteiger partial charge on any atom is 0.246 e. The van der Waals surface area contributed by atoms with Crippen molar-refractivity contribution in [3.63, 3.8) is 0 Å². The third-order valence-corrected chi connectivity index (χ3v) is 4.14. The first-order chi connectivity index (χ1) is 9.40. The average Bonchev–Trinajstić information content (AvgIpc) is 2.40. The van der Waals surface area contributed by atoms with Gasteiger partial charge in [-0.3, -0.25) is 14.5 Å². The van der Waals surface area contributed by atoms with E-state index < -0.39 is 0 Å². The van der Waals surface area contributed by atoms with E-state index in [1.54, 1.807) is 7.05 Å². The van der Waals surface area contributed by atoms with Crippen molar-refractivity contribution >= 4 is 11.8 Å². The molecule has 1 fully saturated rings. The minimum absolute atomic E-state index is 0.0876. The molecule has 20 heavy (non-hydrogen) atoms. The molecule has 1 aromatic carbocycles. The van der Waals surface area contributed by atoms with E-state index in [1.165, 1.54) is 27.2 Å². The molecule has 0 saturated carbocycles. The first-order valence-electron chi connectivity index (χ1n) is 7.00. The molecule has 0 radical (unpaired) electrons. The molecule has 4 heteroatoms. The Bertz CT molecular complexity index is 552. The molecule has 2 rings (SSSR count). The Balaban J connectivity index is 2.04. The highest BCUT2D eigenvalue weighted by Crippen LogP contribution is 2.17. The van der Waals surface area contributed by atoms with E-state index in [0.717, 1.165) is 0 Å². The summed E-state index contributed by atoms with van der Waals surface area (Å²) in [6.45, 7) is 6.94. The van der Waals surface area contributed by atoms with Gasteiger partial charge < -0.3 is 5.32 Å². The number of benzene rings is 1. The normalized spacial score (nSPS) is 19.6. The van der Waals surface area contributed by atoms with Crippen molar-refractivity contribution in [3.05, 3.63) is 34.4 Å². The summed E-state index contributed by atoms with van der Waals surface area (Å²) < 4.78 is 0. The predicted octanol–water partition coefficient (Wildman–Crippen LogP) is 1.85. The van der Waals surface area contributed by atoms with Gasteiger partial charge in [-0.2, -0.15) is 0 Å². The molecule has 1 unspecified atom stereocenters. The van der Waals surface area contributed by atoms with Crippen LogP contribution in [0.3, 0.4) is 0 Å². The number of likely N-dealkylation sites (N-methyl/N-ethyl adjacent to an activating group) is 1. The van der Waals surface area contributed by atoms with E-state index in [-0.39, 0.29) is 17.9 Å². The van der Waals surface area contributed by atoms with Crippen LogP contribution in [0.25, 0.3) is 0 Å². The summed E-state index contributed by atoms with van der Waals surface area (Å²) in [6.07, 6.45) is 1.03. The fraction of sp³-hybridized carbons (Fsp3) is 0.500. The Kier molecular flexibility index (Phi) is 4.23. The van der Waals surface area contributed by atoms with Gasteiger partial charge in [-0.1, -0.05) is 12.1 Å². The lowest BCUT2D eigenvalue weighted by molar-refractivity contribution is -0.148. The summed E-state index contributed by atoms with van der Waals surface area (Å²) in [4.78, 5) is 24.7. The summed E-state index contributed by atoms with van der Waals surface area (Å²) in [5.41, 5.74) is 4.98. The SMILES string of the molecule is Cc1cc(C)c(CNC2CCC(=O)N(C)C2=O)cc1C. The van der Waals surface area contributed by atoms with Crippen molar-refractivity contribution < 1.29 is 9.59 Å². The average molecular weight is 274 g/mol. The number of piperidine rings is 1. The fourth-order valence-electron chi connectivity index (χ4n) is 2.55. The Hall–Kier alpha value is -1.68. The number of imide groups is 1. The zero-order chi connectivity index (χ0) is 14.9. The Morgan fingerprint density at radius 3 is 2.50 bits per heavy atom. The minimum Gasteiger partial charge on any atom is -0.302 e. The van der Waals surface area contributed by atoms with Crippen LogP contribution in [-0.4, -0.2) is 29.8 Å². The highest BCUT2D eigenvalue weighted by atomic mass is 16.2. The van der Waals surface area contributed by atoms with E-state index in [9.17, 15) is 9.59 Å². The van der Waals surface area contributed by atoms with Gasteiger partial charge in [0.1, 0.15) is 0 Å². The lowest BCUT2D eigenvalue weighted by Crippen LogP contribution is -2.51. The van der Waals surface area contributed by atoms with Gasteiger partial charge in [-0.25, -0.2) is 0 Å². The molecule has 0 spiro atoms. The fourth-order valence-corrected chi connectivity index (χ4v) is 2.55. The number of amides is 2. The third-order valence-electron chi connectivity index (χ3n) is 4.14. The number of hydrogen-bond acceptors (Lipinski definition) is 3. The molecular formula is C16H22N2O2. The molecule has 4 nitrogen and oxygen atoms in total. The van der Waals surface area contributed by atoms with Crippen molar-refractivity contribution in [1.82, 2.24) is 10.2 Å². The van der Waals surface area contributed by atoms with Crippen LogP contribution < -0.4 is 5.32 Å². The number of aryl methyl sites for hydroxylation is 3. The first-order valence-corrected chi connectivity index (χ1v) is 7.00. The molecule has 1 aliphatic heterocycles. The number of hydrogen-bond donors (Lipinski definition) is 1. The van der Waals surface area contributed by atoms with Crippen LogP contribution in [0.1, 0.15) is 35.1 Å². The zero-order valence-electron chi connectivity index (χ0n) is 12.6. The van der Waals surface area contributed by atoms with Gasteiger partial charge in [0, 0.05) is 20.0 Å². The monoisotopic (exact) mass is 274 g/mol. The summed E-state index contributed by atoms with van der Waals surface area (Å²) >= 11 is 0. The largest absolute Gasteiger partial charge is 0.302 e. The number of nitrogens with zero attached hydrogens (tertiary/aromatic N) is 1. The zero-order valence-corrected chi connectivity index (χ0v) is 12.6. The molecular weight excluding hydrogens is 252 g/mol. The Labute approximate surface area is 120 Å². The van der Waals surface area contributed by atoms with Crippen molar-refractivity contribution in [3.8, 4) is 0 Å². The number of carbonyl (C=O) groups is 2. The summed E-state index contributed by atoms with van der Waals surface area (Å²) in [5.74, 6) is -0.210. The molecule has 0 bridgehead atoms. The lowest BCUT2D eigenvalue weighted by atomic mass is 9.99. The standard InChI is InChI=1S/C16H22N2O2/c1-10-7-12(3)13(8-11(10)2)9-17-14-5-6-15(19)18(4)16(14)20/h7-8,14,17H,5-6,9H2,1-4H3. The van der Waals surface area contributed by atoms with Crippen LogP contribution in [0.15, 0.2) is 12.1 Å². The van der Waals surface area contributed by atoms with Crippen molar-refractivity contribution in [2.45, 2.75) is 46.2 Å². The van der Waals surface area contributed by atoms with Crippen LogP contribution >= 0.6 is 0 Å². The van der Waals surface area contributed by atoms with Crippen LogP contribution in [-0.2, 0) is 16.1 Å². The van der Waals surface area contributed by atoms with Gasteiger partial charge in [-0.05, 0) is 49.4 Å². The second-order valence-electron chi connectivity index (χ2n) is 5.63. The number of rotatable bonds is 3. The number of nitrogens with one attached hydrogen (secondary N) is 1. The highest BCUT2D eigenvalue weighted by Gasteiger charge is 2.31. The number of likely N-dealkylation sites (tertiary alicyclic amines) is 1. The molecule has 1 atom stereocenters. The lowest BCUT2D eigenvalue weighted by Gasteiger charge is -2.28. The molecule has 2 amide bonds. The molecule has 1 heterocycles. The molecule has 1 aromatic rings. The number of carbonyl (C=O) groups excluding carboxylic acids is 2. The topological polar surface area (TPSA) is 49.4 Å². The van der Waals surface area contributed by atoms with E-state index >= 15 is 0 Å². The summed E-state index contributed by atoms with van der Waals surface area (Å²) in [6, 6.07) is 4.09. The molecule has 1 N–H and O–H groups in total. The summed E-state index contributed by atoms with van der Waals surface area (Å²) in [5, 5.41) is 3.28.